The Morgan fingerprint density at radius 1 is 0.789 bits per heavy atom. The molecule has 19 heavy (non-hydrogen) atoms. The van der Waals surface area contributed by atoms with E-state index in [2.05, 4.69) is 19.8 Å². The zero-order chi connectivity index (χ0) is 15.8. The van der Waals surface area contributed by atoms with Crippen molar-refractivity contribution in [3.05, 3.63) is 0 Å². The van der Waals surface area contributed by atoms with Crippen LogP contribution in [-0.4, -0.2) is 17.9 Å². The fraction of sp³-hybridized carbons (Fsp3) is 0.750. The summed E-state index contributed by atoms with van der Waals surface area (Å²) in [4.78, 5) is 26.7. The molecule has 0 aromatic rings. The third-order valence-corrected chi connectivity index (χ3v) is 2.71. The summed E-state index contributed by atoms with van der Waals surface area (Å²) in [5.74, 6) is -3.25. The van der Waals surface area contributed by atoms with Gasteiger partial charge in [-0.05, 0) is 20.8 Å². The van der Waals surface area contributed by atoms with Crippen molar-refractivity contribution >= 4 is 17.9 Å². The topological polar surface area (TPSA) is 120 Å². The molecule has 1 saturated carbocycles. The average molecular weight is 356 g/mol. The molecule has 1 aliphatic rings. The van der Waals surface area contributed by atoms with E-state index in [0.717, 1.165) is 25.1 Å². The van der Waals surface area contributed by atoms with E-state index in [4.69, 9.17) is 29.7 Å². The summed E-state index contributed by atoms with van der Waals surface area (Å²) in [5, 5.41) is 26.7. The molecule has 1 aliphatic carbocycles. The molecule has 0 N–H and O–H groups in total. The van der Waals surface area contributed by atoms with Crippen LogP contribution in [0.3, 0.4) is 0 Å². The predicted octanol–water partition coefficient (Wildman–Crippen LogP) is -1.45. The van der Waals surface area contributed by atoms with Crippen LogP contribution in [0.2, 0.25) is 4.31 Å². The van der Waals surface area contributed by atoms with Crippen LogP contribution < -0.4 is 15.3 Å². The van der Waals surface area contributed by atoms with Gasteiger partial charge in [0.1, 0.15) is 0 Å². The molecule has 7 heteroatoms. The summed E-state index contributed by atoms with van der Waals surface area (Å²) in [6, 6.07) is 0. The summed E-state index contributed by atoms with van der Waals surface area (Å²) in [5.41, 5.74) is 0. The maximum atomic E-state index is 8.89. The van der Waals surface area contributed by atoms with Crippen LogP contribution in [0.5, 0.6) is 0 Å². The quantitative estimate of drug-likeness (QED) is 0.490. The second-order valence-electron chi connectivity index (χ2n) is 3.73. The molecule has 1 fully saturated rings. The van der Waals surface area contributed by atoms with E-state index in [9.17, 15) is 0 Å². The van der Waals surface area contributed by atoms with Gasteiger partial charge in [0, 0.05) is 17.9 Å². The van der Waals surface area contributed by atoms with Crippen LogP contribution in [-0.2, 0) is 34.2 Å². The summed E-state index contributed by atoms with van der Waals surface area (Å²) in [7, 11) is 0. The van der Waals surface area contributed by atoms with Crippen molar-refractivity contribution in [2.75, 3.05) is 0 Å². The summed E-state index contributed by atoms with van der Waals surface area (Å²) in [6.45, 7) is 2.92. The first-order valence-corrected chi connectivity index (χ1v) is 6.94. The van der Waals surface area contributed by atoms with Crippen molar-refractivity contribution in [3.63, 3.8) is 0 Å². The van der Waals surface area contributed by atoms with Gasteiger partial charge in [0.15, 0.2) is 0 Å². The van der Waals surface area contributed by atoms with E-state index >= 15 is 0 Å². The van der Waals surface area contributed by atoms with Crippen LogP contribution in [0.25, 0.3) is 0 Å². The van der Waals surface area contributed by atoms with Gasteiger partial charge in [-0.25, -0.2) is 0 Å². The Labute approximate surface area is 125 Å². The maximum absolute atomic E-state index is 8.89. The Bertz CT molecular complexity index is 208. The average Bonchev–Trinajstić information content (AvgIpc) is 2.15. The molecule has 0 atom stereocenters. The molecule has 0 bridgehead atoms. The van der Waals surface area contributed by atoms with Gasteiger partial charge in [-0.1, -0.05) is 0 Å². The molecular formula is C12H20MoO6. The number of hydrogen-bond donors (Lipinski definition) is 0. The molecule has 0 spiro atoms. The van der Waals surface area contributed by atoms with Crippen molar-refractivity contribution < 1.29 is 49.5 Å². The third-order valence-electron chi connectivity index (χ3n) is 1.55. The standard InChI is InChI=1S/C6H11.3C2H4O2.Mo/c1-2-4-6-5-3-1;3*1-2(3)4;/h1H,2-6H2;3*1H3,(H,3,4);/q;;;;+3/p-3. The van der Waals surface area contributed by atoms with Gasteiger partial charge in [0.25, 0.3) is 0 Å². The van der Waals surface area contributed by atoms with E-state index in [1.165, 1.54) is 32.1 Å². The first kappa shape index (κ1) is 23.2. The van der Waals surface area contributed by atoms with Gasteiger partial charge in [0.05, 0.1) is 0 Å². The zero-order valence-corrected chi connectivity index (χ0v) is 13.5. The minimum absolute atomic E-state index is 0.972. The van der Waals surface area contributed by atoms with Crippen LogP contribution in [0, 0.1) is 0 Å². The van der Waals surface area contributed by atoms with Gasteiger partial charge >= 0.3 is 56.2 Å². The Balaban J connectivity index is -0.000000189. The number of carboxylic acid groups (broad SMARTS) is 3. The fourth-order valence-corrected chi connectivity index (χ4v) is 1.88. The van der Waals surface area contributed by atoms with Crippen molar-refractivity contribution in [2.24, 2.45) is 0 Å². The number of carbonyl (C=O) groups excluding carboxylic acids is 3. The molecule has 0 heterocycles. The molecule has 0 saturated heterocycles. The van der Waals surface area contributed by atoms with E-state index in [-0.39, 0.29) is 0 Å². The first-order valence-electron chi connectivity index (χ1n) is 5.78. The molecule has 0 aromatic heterocycles. The van der Waals surface area contributed by atoms with Crippen molar-refractivity contribution in [2.45, 2.75) is 57.2 Å². The monoisotopic (exact) mass is 358 g/mol. The predicted molar refractivity (Wildman–Crippen MR) is 58.9 cm³/mol. The first-order chi connectivity index (χ1) is 8.59. The Morgan fingerprint density at radius 2 is 1.00 bits per heavy atom. The molecule has 6 nitrogen and oxygen atoms in total. The molecule has 0 amide bonds. The second-order valence-corrected chi connectivity index (χ2v) is 5.37. The SMILES string of the molecule is CC(=O)[O-].CC(=O)[O-].CC(=O)[O-].[Mo+3][CH]1CCCCC1. The van der Waals surface area contributed by atoms with Gasteiger partial charge in [-0.15, -0.1) is 0 Å². The molecule has 0 unspecified atom stereocenters. The zero-order valence-electron chi connectivity index (χ0n) is 11.5. The minimum atomic E-state index is -1.08. The van der Waals surface area contributed by atoms with Crippen molar-refractivity contribution in [1.82, 2.24) is 0 Å². The van der Waals surface area contributed by atoms with Crippen LogP contribution in [0.1, 0.15) is 52.9 Å². The van der Waals surface area contributed by atoms with Crippen molar-refractivity contribution in [3.8, 4) is 0 Å². The number of carbonyl (C=O) groups is 3. The fourth-order valence-electron chi connectivity index (χ4n) is 1.07. The number of aliphatic carboxylic acids is 3. The van der Waals surface area contributed by atoms with Crippen LogP contribution in [0.15, 0.2) is 0 Å². The molecule has 0 aliphatic heterocycles. The Kier molecular flexibility index (Phi) is 20.9. The van der Waals surface area contributed by atoms with Gasteiger partial charge < -0.3 is 29.7 Å². The molecule has 0 aromatic carbocycles. The normalized spacial score (nSPS) is 13.2. The molecule has 1 rings (SSSR count). The van der Waals surface area contributed by atoms with Gasteiger partial charge in [-0.2, -0.15) is 0 Å². The second kappa shape index (κ2) is 17.1. The van der Waals surface area contributed by atoms with E-state index in [1.807, 2.05) is 0 Å². The van der Waals surface area contributed by atoms with E-state index < -0.39 is 17.9 Å². The molecule has 110 valence electrons. The summed E-state index contributed by atoms with van der Waals surface area (Å²) >= 11 is 2.29. The van der Waals surface area contributed by atoms with Crippen molar-refractivity contribution in [1.29, 1.82) is 0 Å². The molecular weight excluding hydrogens is 336 g/mol. The Morgan fingerprint density at radius 3 is 1.11 bits per heavy atom. The molecule has 0 radical (unpaired) electrons. The summed E-state index contributed by atoms with van der Waals surface area (Å²) in [6.07, 6.45) is 7.45. The van der Waals surface area contributed by atoms with E-state index in [0.29, 0.717) is 0 Å². The van der Waals surface area contributed by atoms with Gasteiger partial charge in [-0.3, -0.25) is 0 Å². The van der Waals surface area contributed by atoms with Gasteiger partial charge in [0.2, 0.25) is 0 Å². The third kappa shape index (κ3) is 77.4. The number of carboxylic acids is 3. The van der Waals surface area contributed by atoms with Crippen LogP contribution >= 0.6 is 0 Å². The number of rotatable bonds is 0. The Hall–Kier alpha value is -0.902. The number of hydrogen-bond acceptors (Lipinski definition) is 6. The van der Waals surface area contributed by atoms with E-state index in [1.54, 1.807) is 0 Å². The summed E-state index contributed by atoms with van der Waals surface area (Å²) < 4.78 is 1.05. The van der Waals surface area contributed by atoms with Crippen LogP contribution in [0.4, 0.5) is 0 Å².